The third-order valence-electron chi connectivity index (χ3n) is 4.13. The van der Waals surface area contributed by atoms with Crippen LogP contribution in [0.4, 0.5) is 0 Å². The number of hydrogen-bond acceptors (Lipinski definition) is 6. The number of aromatic amines is 1. The Morgan fingerprint density at radius 2 is 1.92 bits per heavy atom. The minimum Gasteiger partial charge on any atom is -0.497 e. The van der Waals surface area contributed by atoms with E-state index in [1.54, 1.807) is 7.11 Å². The lowest BCUT2D eigenvalue weighted by atomic mass is 10.2. The van der Waals surface area contributed by atoms with Crippen molar-refractivity contribution in [2.45, 2.75) is 38.1 Å². The van der Waals surface area contributed by atoms with E-state index in [0.29, 0.717) is 23.2 Å². The molecular formula is C19H21N3O3S. The van der Waals surface area contributed by atoms with Gasteiger partial charge in [0.25, 0.3) is 5.56 Å². The number of nitrogens with one attached hydrogen (secondary N) is 1. The smallest absolute Gasteiger partial charge is 0.254 e. The van der Waals surface area contributed by atoms with Gasteiger partial charge in [0.2, 0.25) is 5.89 Å². The molecular weight excluding hydrogens is 350 g/mol. The first-order valence-electron chi connectivity index (χ1n) is 8.35. The molecule has 0 aliphatic rings. The van der Waals surface area contributed by atoms with Gasteiger partial charge in [0.1, 0.15) is 11.5 Å². The van der Waals surface area contributed by atoms with E-state index in [9.17, 15) is 4.79 Å². The minimum atomic E-state index is -0.0710. The lowest BCUT2D eigenvalue weighted by Gasteiger charge is -2.04. The van der Waals surface area contributed by atoms with Gasteiger partial charge in [0.15, 0.2) is 5.16 Å². The molecule has 1 aromatic carbocycles. The molecule has 6 nitrogen and oxygen atoms in total. The number of nitrogens with zero attached hydrogens (tertiary/aromatic N) is 2. The van der Waals surface area contributed by atoms with Crippen LogP contribution in [0.3, 0.4) is 0 Å². The molecule has 2 aromatic heterocycles. The fraction of sp³-hybridized carbons (Fsp3) is 0.316. The summed E-state index contributed by atoms with van der Waals surface area (Å²) in [6.45, 7) is 5.70. The standard InChI is InChI=1S/C19H21N3O3S/c1-5-15-11(2)20-19(22-17(15)23)26-10-16-12(3)25-18(21-16)13-6-8-14(24-4)9-7-13/h6-9H,5,10H2,1-4H3,(H,20,22,23). The molecule has 26 heavy (non-hydrogen) atoms. The maximum Gasteiger partial charge on any atom is 0.254 e. The molecule has 0 unspecified atom stereocenters. The first-order chi connectivity index (χ1) is 12.5. The van der Waals surface area contributed by atoms with Crippen LogP contribution in [0, 0.1) is 13.8 Å². The van der Waals surface area contributed by atoms with Crippen molar-refractivity contribution in [1.82, 2.24) is 15.0 Å². The van der Waals surface area contributed by atoms with Crippen molar-refractivity contribution in [3.63, 3.8) is 0 Å². The third kappa shape index (κ3) is 3.83. The van der Waals surface area contributed by atoms with Crippen molar-refractivity contribution in [1.29, 1.82) is 0 Å². The number of oxazole rings is 1. The highest BCUT2D eigenvalue weighted by Gasteiger charge is 2.13. The second-order valence-corrected chi connectivity index (χ2v) is 6.79. The van der Waals surface area contributed by atoms with E-state index in [1.165, 1.54) is 11.8 Å². The van der Waals surface area contributed by atoms with Gasteiger partial charge in [-0.1, -0.05) is 18.7 Å². The van der Waals surface area contributed by atoms with Gasteiger partial charge in [-0.15, -0.1) is 0 Å². The topological polar surface area (TPSA) is 81.0 Å². The fourth-order valence-electron chi connectivity index (χ4n) is 2.63. The number of methoxy groups -OCH3 is 1. The predicted molar refractivity (Wildman–Crippen MR) is 102 cm³/mol. The Bertz CT molecular complexity index is 961. The largest absolute Gasteiger partial charge is 0.497 e. The zero-order valence-corrected chi connectivity index (χ0v) is 16.1. The van der Waals surface area contributed by atoms with E-state index >= 15 is 0 Å². The molecule has 0 atom stereocenters. The van der Waals surface area contributed by atoms with Crippen LogP contribution in [-0.4, -0.2) is 22.1 Å². The Balaban J connectivity index is 1.77. The SMILES string of the molecule is CCc1c(C)nc(SCc2nc(-c3ccc(OC)cc3)oc2C)[nH]c1=O. The lowest BCUT2D eigenvalue weighted by molar-refractivity contribution is 0.415. The monoisotopic (exact) mass is 371 g/mol. The lowest BCUT2D eigenvalue weighted by Crippen LogP contribution is -2.16. The molecule has 0 aliphatic carbocycles. The summed E-state index contributed by atoms with van der Waals surface area (Å²) in [4.78, 5) is 23.9. The van der Waals surface area contributed by atoms with E-state index in [0.717, 1.165) is 34.0 Å². The highest BCUT2D eigenvalue weighted by molar-refractivity contribution is 7.98. The van der Waals surface area contributed by atoms with Gasteiger partial charge >= 0.3 is 0 Å². The molecule has 0 saturated heterocycles. The summed E-state index contributed by atoms with van der Waals surface area (Å²) in [5.41, 5.74) is 3.15. The van der Waals surface area contributed by atoms with Crippen molar-refractivity contribution in [3.8, 4) is 17.2 Å². The zero-order valence-electron chi connectivity index (χ0n) is 15.3. The molecule has 0 saturated carbocycles. The average molecular weight is 371 g/mol. The minimum absolute atomic E-state index is 0.0710. The van der Waals surface area contributed by atoms with Crippen molar-refractivity contribution in [3.05, 3.63) is 57.3 Å². The van der Waals surface area contributed by atoms with Crippen molar-refractivity contribution in [2.24, 2.45) is 0 Å². The first-order valence-corrected chi connectivity index (χ1v) is 9.33. The number of thioether (sulfide) groups is 1. The van der Waals surface area contributed by atoms with E-state index < -0.39 is 0 Å². The number of benzene rings is 1. The molecule has 7 heteroatoms. The highest BCUT2D eigenvalue weighted by atomic mass is 32.2. The van der Waals surface area contributed by atoms with Crippen LogP contribution < -0.4 is 10.3 Å². The maximum atomic E-state index is 12.1. The highest BCUT2D eigenvalue weighted by Crippen LogP contribution is 2.27. The van der Waals surface area contributed by atoms with Crippen molar-refractivity contribution >= 4 is 11.8 Å². The fourth-order valence-corrected chi connectivity index (χ4v) is 3.53. The van der Waals surface area contributed by atoms with Gasteiger partial charge in [-0.3, -0.25) is 4.79 Å². The first kappa shape index (κ1) is 18.3. The number of H-pyrrole nitrogens is 1. The van der Waals surface area contributed by atoms with Crippen molar-refractivity contribution < 1.29 is 9.15 Å². The molecule has 0 bridgehead atoms. The predicted octanol–water partition coefficient (Wildman–Crippen LogP) is 3.91. The van der Waals surface area contributed by atoms with Crippen LogP contribution in [0.2, 0.25) is 0 Å². The van der Waals surface area contributed by atoms with E-state index in [4.69, 9.17) is 9.15 Å². The number of aromatic nitrogens is 3. The van der Waals surface area contributed by atoms with Gasteiger partial charge < -0.3 is 14.1 Å². The summed E-state index contributed by atoms with van der Waals surface area (Å²) in [7, 11) is 1.63. The number of aryl methyl sites for hydroxylation is 2. The Kier molecular flexibility index (Phi) is 5.46. The molecule has 1 N–H and O–H groups in total. The Labute approximate surface area is 156 Å². The number of hydrogen-bond donors (Lipinski definition) is 1. The van der Waals surface area contributed by atoms with Gasteiger partial charge in [0.05, 0.1) is 12.8 Å². The van der Waals surface area contributed by atoms with Crippen LogP contribution in [0.5, 0.6) is 5.75 Å². The summed E-state index contributed by atoms with van der Waals surface area (Å²) in [6.07, 6.45) is 0.673. The Hall–Kier alpha value is -2.54. The number of rotatable bonds is 6. The number of ether oxygens (including phenoxy) is 1. The normalized spacial score (nSPS) is 10.9. The molecule has 0 aliphatic heterocycles. The second kappa shape index (κ2) is 7.78. The summed E-state index contributed by atoms with van der Waals surface area (Å²) in [6, 6.07) is 7.56. The van der Waals surface area contributed by atoms with Crippen LogP contribution in [0.25, 0.3) is 11.5 Å². The van der Waals surface area contributed by atoms with E-state index in [1.807, 2.05) is 45.0 Å². The molecule has 0 radical (unpaired) electrons. The van der Waals surface area contributed by atoms with Crippen LogP contribution in [0.15, 0.2) is 38.6 Å². The zero-order chi connectivity index (χ0) is 18.7. The Morgan fingerprint density at radius 3 is 2.54 bits per heavy atom. The average Bonchev–Trinajstić information content (AvgIpc) is 3.00. The van der Waals surface area contributed by atoms with E-state index in [2.05, 4.69) is 15.0 Å². The summed E-state index contributed by atoms with van der Waals surface area (Å²) >= 11 is 1.44. The van der Waals surface area contributed by atoms with Gasteiger partial charge in [-0.25, -0.2) is 9.97 Å². The van der Waals surface area contributed by atoms with Gasteiger partial charge in [-0.2, -0.15) is 0 Å². The Morgan fingerprint density at radius 1 is 1.19 bits per heavy atom. The van der Waals surface area contributed by atoms with Crippen LogP contribution in [-0.2, 0) is 12.2 Å². The van der Waals surface area contributed by atoms with Crippen LogP contribution in [0.1, 0.15) is 29.6 Å². The molecule has 3 aromatic rings. The van der Waals surface area contributed by atoms with Crippen LogP contribution >= 0.6 is 11.8 Å². The molecule has 2 heterocycles. The molecule has 0 amide bonds. The van der Waals surface area contributed by atoms with Crippen molar-refractivity contribution in [2.75, 3.05) is 7.11 Å². The second-order valence-electron chi connectivity index (χ2n) is 5.83. The quantitative estimate of drug-likeness (QED) is 0.523. The van der Waals surface area contributed by atoms with E-state index in [-0.39, 0.29) is 5.56 Å². The molecule has 136 valence electrons. The summed E-state index contributed by atoms with van der Waals surface area (Å²) < 4.78 is 11.0. The van der Waals surface area contributed by atoms with Gasteiger partial charge in [-0.05, 0) is 44.5 Å². The summed E-state index contributed by atoms with van der Waals surface area (Å²) in [5, 5.41) is 0.595. The molecule has 0 fully saturated rings. The molecule has 3 rings (SSSR count). The van der Waals surface area contributed by atoms with Gasteiger partial charge in [0, 0.05) is 22.6 Å². The summed E-state index contributed by atoms with van der Waals surface area (Å²) in [5.74, 6) is 2.68. The third-order valence-corrected chi connectivity index (χ3v) is 5.01. The maximum absolute atomic E-state index is 12.1. The molecule has 0 spiro atoms.